The molecule has 0 spiro atoms. The van der Waals surface area contributed by atoms with E-state index in [1.54, 1.807) is 18.2 Å². The van der Waals surface area contributed by atoms with Gasteiger partial charge in [-0.3, -0.25) is 0 Å². The van der Waals surface area contributed by atoms with Gasteiger partial charge in [0.1, 0.15) is 5.82 Å². The lowest BCUT2D eigenvalue weighted by atomic mass is 10.0. The van der Waals surface area contributed by atoms with E-state index in [2.05, 4.69) is 46.6 Å². The van der Waals surface area contributed by atoms with Crippen molar-refractivity contribution in [3.63, 3.8) is 0 Å². The summed E-state index contributed by atoms with van der Waals surface area (Å²) in [5, 5.41) is 12.1. The second kappa shape index (κ2) is 7.72. The molecular weight excluding hydrogens is 422 g/mol. The van der Waals surface area contributed by atoms with Crippen LogP contribution in [-0.4, -0.2) is 28.2 Å². The second-order valence-corrected chi connectivity index (χ2v) is 9.69. The van der Waals surface area contributed by atoms with E-state index in [1.807, 2.05) is 36.4 Å². The Morgan fingerprint density at radius 1 is 0.875 bits per heavy atom. The summed E-state index contributed by atoms with van der Waals surface area (Å²) in [5.41, 5.74) is 2.98. The molecule has 0 atom stereocenters. The molecule has 0 aliphatic carbocycles. The van der Waals surface area contributed by atoms with Crippen molar-refractivity contribution >= 4 is 37.9 Å². The summed E-state index contributed by atoms with van der Waals surface area (Å²) in [5.74, 6) is 0.972. The van der Waals surface area contributed by atoms with Crippen LogP contribution in [0.5, 0.6) is 0 Å². The van der Waals surface area contributed by atoms with Gasteiger partial charge in [0.05, 0.1) is 10.4 Å². The molecule has 2 aromatic heterocycles. The summed E-state index contributed by atoms with van der Waals surface area (Å²) in [4.78, 5) is 4.80. The fourth-order valence-corrected chi connectivity index (χ4v) is 4.87. The second-order valence-electron chi connectivity index (χ2n) is 7.83. The lowest BCUT2D eigenvalue weighted by Crippen LogP contribution is -2.05. The van der Waals surface area contributed by atoms with Crippen LogP contribution in [0.15, 0.2) is 88.8 Å². The summed E-state index contributed by atoms with van der Waals surface area (Å²) in [6, 6.07) is 23.9. The Labute approximate surface area is 185 Å². The van der Waals surface area contributed by atoms with Gasteiger partial charge < -0.3 is 5.32 Å². The minimum absolute atomic E-state index is 0.149. The van der Waals surface area contributed by atoms with Crippen LogP contribution in [0.1, 0.15) is 25.3 Å². The van der Waals surface area contributed by atoms with Crippen LogP contribution in [-0.2, 0) is 9.84 Å². The molecule has 0 saturated carbocycles. The highest BCUT2D eigenvalue weighted by molar-refractivity contribution is 7.91. The zero-order valence-electron chi connectivity index (χ0n) is 17.6. The smallest absolute Gasteiger partial charge is 0.229 e. The molecule has 0 bridgehead atoms. The summed E-state index contributed by atoms with van der Waals surface area (Å²) in [6.07, 6.45) is 0. The lowest BCUT2D eigenvalue weighted by Gasteiger charge is -2.12. The van der Waals surface area contributed by atoms with E-state index in [-0.39, 0.29) is 15.6 Å². The summed E-state index contributed by atoms with van der Waals surface area (Å²) < 4.78 is 27.9. The maximum Gasteiger partial charge on any atom is 0.229 e. The summed E-state index contributed by atoms with van der Waals surface area (Å²) >= 11 is 0. The molecule has 0 fully saturated rings. The Balaban J connectivity index is 1.68. The van der Waals surface area contributed by atoms with Crippen molar-refractivity contribution in [2.45, 2.75) is 29.7 Å². The number of sulfone groups is 1. The van der Waals surface area contributed by atoms with Crippen molar-refractivity contribution in [3.05, 3.63) is 84.4 Å². The monoisotopic (exact) mass is 443 g/mol. The molecule has 160 valence electrons. The number of para-hydroxylation sites is 1. The van der Waals surface area contributed by atoms with Crippen LogP contribution >= 0.6 is 0 Å². The van der Waals surface area contributed by atoms with Crippen LogP contribution in [0.4, 0.5) is 11.5 Å². The molecule has 0 unspecified atom stereocenters. The highest BCUT2D eigenvalue weighted by atomic mass is 32.2. The zero-order valence-corrected chi connectivity index (χ0v) is 18.4. The standard InChI is InChI=1S/C24H21N5O2S/c1-16(2)17-12-14-18(15-13-17)25-22-20-10-6-7-11-21(20)29-23(26-22)24(27-28-29)32(30,31)19-8-4-3-5-9-19/h3-16H,1-2H3,(H,25,26). The van der Waals surface area contributed by atoms with Gasteiger partial charge in [0.15, 0.2) is 5.65 Å². The highest BCUT2D eigenvalue weighted by Gasteiger charge is 2.27. The van der Waals surface area contributed by atoms with E-state index in [4.69, 9.17) is 0 Å². The Bertz CT molecular complexity index is 1530. The van der Waals surface area contributed by atoms with E-state index in [0.29, 0.717) is 17.3 Å². The van der Waals surface area contributed by atoms with Crippen molar-refractivity contribution in [3.8, 4) is 0 Å². The molecule has 5 rings (SSSR count). The van der Waals surface area contributed by atoms with Crippen LogP contribution < -0.4 is 5.32 Å². The maximum atomic E-state index is 13.2. The molecule has 1 N–H and O–H groups in total. The van der Waals surface area contributed by atoms with E-state index in [9.17, 15) is 8.42 Å². The number of fused-ring (bicyclic) bond motifs is 3. The Morgan fingerprint density at radius 3 is 2.28 bits per heavy atom. The molecule has 32 heavy (non-hydrogen) atoms. The van der Waals surface area contributed by atoms with E-state index in [0.717, 1.165) is 11.1 Å². The fraction of sp³-hybridized carbons (Fsp3) is 0.125. The quantitative estimate of drug-likeness (QED) is 0.412. The van der Waals surface area contributed by atoms with Crippen molar-refractivity contribution in [2.75, 3.05) is 5.32 Å². The minimum atomic E-state index is -3.88. The van der Waals surface area contributed by atoms with Crippen molar-refractivity contribution in [1.82, 2.24) is 19.8 Å². The third-order valence-corrected chi connectivity index (χ3v) is 7.04. The molecule has 7 nitrogen and oxygen atoms in total. The molecule has 3 aromatic carbocycles. The number of hydrogen-bond donors (Lipinski definition) is 1. The number of rotatable bonds is 5. The van der Waals surface area contributed by atoms with Crippen LogP contribution in [0.3, 0.4) is 0 Å². The average molecular weight is 444 g/mol. The number of benzene rings is 3. The van der Waals surface area contributed by atoms with E-state index in [1.165, 1.54) is 22.2 Å². The molecule has 8 heteroatoms. The maximum absolute atomic E-state index is 13.2. The topological polar surface area (TPSA) is 89.2 Å². The summed E-state index contributed by atoms with van der Waals surface area (Å²) in [6.45, 7) is 4.29. The molecule has 0 aliphatic rings. The first-order chi connectivity index (χ1) is 15.4. The first kappa shape index (κ1) is 20.1. The van der Waals surface area contributed by atoms with Gasteiger partial charge in [0.2, 0.25) is 14.9 Å². The average Bonchev–Trinajstić information content (AvgIpc) is 3.25. The molecule has 0 saturated heterocycles. The predicted molar refractivity (Wildman–Crippen MR) is 124 cm³/mol. The number of nitrogens with zero attached hydrogens (tertiary/aromatic N) is 4. The van der Waals surface area contributed by atoms with Crippen LogP contribution in [0, 0.1) is 0 Å². The van der Waals surface area contributed by atoms with E-state index < -0.39 is 9.84 Å². The van der Waals surface area contributed by atoms with E-state index >= 15 is 0 Å². The largest absolute Gasteiger partial charge is 0.340 e. The molecule has 0 aliphatic heterocycles. The Hall–Kier alpha value is -3.78. The predicted octanol–water partition coefficient (Wildman–Crippen LogP) is 4.98. The SMILES string of the molecule is CC(C)c1ccc(Nc2nc3c(S(=O)(=O)c4ccccc4)nnn3c3ccccc23)cc1. The molecular formula is C24H21N5O2S. The molecule has 5 aromatic rings. The normalized spacial score (nSPS) is 12.0. The van der Waals surface area contributed by atoms with Gasteiger partial charge in [-0.1, -0.05) is 61.5 Å². The minimum Gasteiger partial charge on any atom is -0.340 e. The van der Waals surface area contributed by atoms with Crippen LogP contribution in [0.25, 0.3) is 16.6 Å². The number of anilines is 2. The van der Waals surface area contributed by atoms with Gasteiger partial charge >= 0.3 is 0 Å². The van der Waals surface area contributed by atoms with Gasteiger partial charge in [-0.25, -0.2) is 13.4 Å². The summed E-state index contributed by atoms with van der Waals surface area (Å²) in [7, 11) is -3.88. The van der Waals surface area contributed by atoms with Gasteiger partial charge in [0.25, 0.3) is 0 Å². The van der Waals surface area contributed by atoms with Gasteiger partial charge in [-0.15, -0.1) is 5.10 Å². The third kappa shape index (κ3) is 3.38. The van der Waals surface area contributed by atoms with Gasteiger partial charge in [0, 0.05) is 11.1 Å². The van der Waals surface area contributed by atoms with Crippen molar-refractivity contribution in [2.24, 2.45) is 0 Å². The number of hydrogen-bond acceptors (Lipinski definition) is 6. The Kier molecular flexibility index (Phi) is 4.86. The fourth-order valence-electron chi connectivity index (χ4n) is 3.61. The van der Waals surface area contributed by atoms with Gasteiger partial charge in [-0.05, 0) is 47.9 Å². The lowest BCUT2D eigenvalue weighted by molar-refractivity contribution is 0.592. The first-order valence-electron chi connectivity index (χ1n) is 10.3. The number of nitrogens with one attached hydrogen (secondary N) is 1. The van der Waals surface area contributed by atoms with Crippen LogP contribution in [0.2, 0.25) is 0 Å². The van der Waals surface area contributed by atoms with Gasteiger partial charge in [-0.2, -0.15) is 4.52 Å². The first-order valence-corrected chi connectivity index (χ1v) is 11.7. The third-order valence-electron chi connectivity index (χ3n) is 5.37. The highest BCUT2D eigenvalue weighted by Crippen LogP contribution is 2.30. The molecule has 2 heterocycles. The zero-order chi connectivity index (χ0) is 22.3. The molecule has 0 radical (unpaired) electrons. The molecule has 0 amide bonds. The van der Waals surface area contributed by atoms with Crippen molar-refractivity contribution < 1.29 is 8.42 Å². The van der Waals surface area contributed by atoms with Crippen molar-refractivity contribution in [1.29, 1.82) is 0 Å². The Morgan fingerprint density at radius 2 is 1.56 bits per heavy atom. The number of aromatic nitrogens is 4.